The quantitative estimate of drug-likeness (QED) is 0.819. The lowest BCUT2D eigenvalue weighted by molar-refractivity contribution is -0.222. The van der Waals surface area contributed by atoms with Crippen molar-refractivity contribution in [3.63, 3.8) is 0 Å². The molecule has 6 nitrogen and oxygen atoms in total. The predicted molar refractivity (Wildman–Crippen MR) is 94.3 cm³/mol. The summed E-state index contributed by atoms with van der Waals surface area (Å²) in [6.07, 6.45) is 1.82. The fraction of sp³-hybridized carbons (Fsp3) is 0.579. The van der Waals surface area contributed by atoms with Gasteiger partial charge < -0.3 is 20.5 Å². The molecule has 3 unspecified atom stereocenters. The van der Waals surface area contributed by atoms with Gasteiger partial charge in [-0.05, 0) is 37.5 Å². The summed E-state index contributed by atoms with van der Waals surface area (Å²) in [6, 6.07) is 5.08. The fourth-order valence-corrected chi connectivity index (χ4v) is 4.26. The van der Waals surface area contributed by atoms with Crippen LogP contribution >= 0.6 is 0 Å². The van der Waals surface area contributed by atoms with Crippen LogP contribution in [-0.4, -0.2) is 37.2 Å². The van der Waals surface area contributed by atoms with Crippen molar-refractivity contribution in [1.82, 2.24) is 0 Å². The number of esters is 1. The van der Waals surface area contributed by atoms with Crippen molar-refractivity contribution < 1.29 is 19.1 Å². The Morgan fingerprint density at radius 3 is 2.76 bits per heavy atom. The number of anilines is 1. The first-order chi connectivity index (χ1) is 11.7. The first-order valence-electron chi connectivity index (χ1n) is 8.64. The number of methoxy groups -OCH3 is 1. The third kappa shape index (κ3) is 2.55. The van der Waals surface area contributed by atoms with Crippen LogP contribution in [0.2, 0.25) is 0 Å². The van der Waals surface area contributed by atoms with Crippen LogP contribution in [0.5, 0.6) is 0 Å². The van der Waals surface area contributed by atoms with Crippen LogP contribution in [0.3, 0.4) is 0 Å². The van der Waals surface area contributed by atoms with Crippen molar-refractivity contribution in [1.29, 1.82) is 0 Å². The molecule has 2 fully saturated rings. The Labute approximate surface area is 148 Å². The van der Waals surface area contributed by atoms with Crippen LogP contribution in [0, 0.1) is 18.3 Å². The molecule has 0 spiro atoms. The molecule has 3 N–H and O–H groups in total. The zero-order valence-corrected chi connectivity index (χ0v) is 15.2. The van der Waals surface area contributed by atoms with E-state index in [9.17, 15) is 9.59 Å². The van der Waals surface area contributed by atoms with E-state index < -0.39 is 16.9 Å². The summed E-state index contributed by atoms with van der Waals surface area (Å²) < 4.78 is 10.6. The molecule has 1 aliphatic heterocycles. The second-order valence-electron chi connectivity index (χ2n) is 7.61. The van der Waals surface area contributed by atoms with Gasteiger partial charge in [0.2, 0.25) is 5.91 Å². The monoisotopic (exact) mass is 346 g/mol. The molecule has 2 aliphatic rings. The Bertz CT molecular complexity index is 715. The number of aryl methyl sites for hydroxylation is 1. The minimum Gasteiger partial charge on any atom is -0.465 e. The SMILES string of the molecule is COC(=O)c1ccc(C)c(NC(=O)C2(N)C3CCCOC3C2(C)C)c1. The summed E-state index contributed by atoms with van der Waals surface area (Å²) in [5.41, 5.74) is 7.00. The Morgan fingerprint density at radius 2 is 2.08 bits per heavy atom. The number of amides is 1. The van der Waals surface area contributed by atoms with Gasteiger partial charge in [-0.2, -0.15) is 0 Å². The molecule has 0 radical (unpaired) electrons. The van der Waals surface area contributed by atoms with Crippen LogP contribution < -0.4 is 11.1 Å². The topological polar surface area (TPSA) is 90.7 Å². The Morgan fingerprint density at radius 1 is 1.36 bits per heavy atom. The fourth-order valence-electron chi connectivity index (χ4n) is 4.26. The van der Waals surface area contributed by atoms with Gasteiger partial charge in [-0.3, -0.25) is 4.79 Å². The lowest BCUT2D eigenvalue weighted by Crippen LogP contribution is -2.81. The number of hydrogen-bond donors (Lipinski definition) is 2. The number of ether oxygens (including phenoxy) is 2. The van der Waals surface area contributed by atoms with E-state index in [0.717, 1.165) is 25.0 Å². The molecule has 136 valence electrons. The maximum Gasteiger partial charge on any atom is 0.337 e. The van der Waals surface area contributed by atoms with E-state index in [1.54, 1.807) is 18.2 Å². The van der Waals surface area contributed by atoms with Gasteiger partial charge in [0.15, 0.2) is 0 Å². The van der Waals surface area contributed by atoms with E-state index in [1.165, 1.54) is 7.11 Å². The van der Waals surface area contributed by atoms with Gasteiger partial charge in [0.05, 0.1) is 18.8 Å². The number of nitrogens with one attached hydrogen (secondary N) is 1. The van der Waals surface area contributed by atoms with E-state index in [4.69, 9.17) is 15.2 Å². The second kappa shape index (κ2) is 6.11. The third-order valence-corrected chi connectivity index (χ3v) is 5.97. The average Bonchev–Trinajstić information content (AvgIpc) is 2.61. The smallest absolute Gasteiger partial charge is 0.337 e. The Balaban J connectivity index is 1.86. The highest BCUT2D eigenvalue weighted by atomic mass is 16.5. The van der Waals surface area contributed by atoms with Crippen LogP contribution in [0.1, 0.15) is 42.6 Å². The van der Waals surface area contributed by atoms with Crippen molar-refractivity contribution in [2.75, 3.05) is 19.0 Å². The minimum atomic E-state index is -0.994. The Hall–Kier alpha value is -1.92. The molecule has 3 rings (SSSR count). The van der Waals surface area contributed by atoms with Gasteiger partial charge in [0.25, 0.3) is 0 Å². The average molecular weight is 346 g/mol. The van der Waals surface area contributed by atoms with E-state index >= 15 is 0 Å². The summed E-state index contributed by atoms with van der Waals surface area (Å²) >= 11 is 0. The molecule has 1 saturated heterocycles. The van der Waals surface area contributed by atoms with E-state index in [2.05, 4.69) is 5.32 Å². The summed E-state index contributed by atoms with van der Waals surface area (Å²) in [6.45, 7) is 6.56. The van der Waals surface area contributed by atoms with Gasteiger partial charge >= 0.3 is 5.97 Å². The minimum absolute atomic E-state index is 0.0134. The number of hydrogen-bond acceptors (Lipinski definition) is 5. The molecule has 0 aromatic heterocycles. The van der Waals surface area contributed by atoms with Crippen LogP contribution in [-0.2, 0) is 14.3 Å². The molecule has 1 aliphatic carbocycles. The normalized spacial score (nSPS) is 30.0. The summed E-state index contributed by atoms with van der Waals surface area (Å²) in [4.78, 5) is 24.8. The lowest BCUT2D eigenvalue weighted by atomic mass is 9.46. The molecule has 3 atom stereocenters. The van der Waals surface area contributed by atoms with E-state index in [-0.39, 0.29) is 17.9 Å². The highest BCUT2D eigenvalue weighted by molar-refractivity contribution is 6.01. The van der Waals surface area contributed by atoms with E-state index in [0.29, 0.717) is 11.3 Å². The summed E-state index contributed by atoms with van der Waals surface area (Å²) in [5.74, 6) is -0.655. The lowest BCUT2D eigenvalue weighted by Gasteiger charge is -2.65. The number of benzene rings is 1. The first-order valence-corrected chi connectivity index (χ1v) is 8.64. The largest absolute Gasteiger partial charge is 0.465 e. The van der Waals surface area contributed by atoms with Crippen LogP contribution in [0.15, 0.2) is 18.2 Å². The van der Waals surface area contributed by atoms with Gasteiger partial charge in [-0.1, -0.05) is 19.9 Å². The molecular weight excluding hydrogens is 320 g/mol. The van der Waals surface area contributed by atoms with Crippen LogP contribution in [0.4, 0.5) is 5.69 Å². The van der Waals surface area contributed by atoms with Gasteiger partial charge in [0, 0.05) is 23.6 Å². The highest BCUT2D eigenvalue weighted by Crippen LogP contribution is 2.57. The molecule has 1 amide bonds. The van der Waals surface area contributed by atoms with Crippen molar-refractivity contribution in [2.45, 2.75) is 45.3 Å². The molecular formula is C19H26N2O4. The zero-order chi connectivity index (χ0) is 18.4. The van der Waals surface area contributed by atoms with Crippen molar-refractivity contribution in [3.8, 4) is 0 Å². The van der Waals surface area contributed by atoms with Crippen LogP contribution in [0.25, 0.3) is 0 Å². The summed E-state index contributed by atoms with van der Waals surface area (Å²) in [5, 5.41) is 2.93. The van der Waals surface area contributed by atoms with Gasteiger partial charge in [-0.25, -0.2) is 4.79 Å². The maximum atomic E-state index is 13.1. The predicted octanol–water partition coefficient (Wildman–Crippen LogP) is 2.25. The van der Waals surface area contributed by atoms with Crippen molar-refractivity contribution in [3.05, 3.63) is 29.3 Å². The van der Waals surface area contributed by atoms with Gasteiger partial charge in [-0.15, -0.1) is 0 Å². The molecule has 6 heteroatoms. The Kier molecular flexibility index (Phi) is 4.37. The third-order valence-electron chi connectivity index (χ3n) is 5.97. The molecule has 1 aromatic rings. The molecule has 1 aromatic carbocycles. The summed E-state index contributed by atoms with van der Waals surface area (Å²) in [7, 11) is 1.33. The second-order valence-corrected chi connectivity index (χ2v) is 7.61. The molecule has 1 saturated carbocycles. The van der Waals surface area contributed by atoms with Crippen molar-refractivity contribution >= 4 is 17.6 Å². The van der Waals surface area contributed by atoms with Gasteiger partial charge in [0.1, 0.15) is 5.54 Å². The first kappa shape index (κ1) is 17.9. The number of nitrogens with two attached hydrogens (primary N) is 1. The molecule has 25 heavy (non-hydrogen) atoms. The maximum absolute atomic E-state index is 13.1. The molecule has 1 heterocycles. The van der Waals surface area contributed by atoms with Crippen molar-refractivity contribution in [2.24, 2.45) is 17.1 Å². The number of rotatable bonds is 3. The standard InChI is InChI=1S/C19H26N2O4/c1-11-7-8-12(16(22)24-4)10-14(11)21-17(23)19(20)13-6-5-9-25-15(13)18(19,2)3/h7-8,10,13,15H,5-6,9,20H2,1-4H3,(H,21,23). The number of carbonyl (C=O) groups is 2. The highest BCUT2D eigenvalue weighted by Gasteiger charge is 2.70. The van der Waals surface area contributed by atoms with E-state index in [1.807, 2.05) is 20.8 Å². The number of fused-ring (bicyclic) bond motifs is 1. The molecule has 0 bridgehead atoms. The zero-order valence-electron chi connectivity index (χ0n) is 15.2. The number of carbonyl (C=O) groups excluding carboxylic acids is 2.